The van der Waals surface area contributed by atoms with Gasteiger partial charge in [-0.1, -0.05) is 52.0 Å². The Hall–Kier alpha value is -0.860. The van der Waals surface area contributed by atoms with Gasteiger partial charge in [-0.2, -0.15) is 0 Å². The van der Waals surface area contributed by atoms with Crippen LogP contribution in [0.2, 0.25) is 0 Å². The third-order valence-corrected chi connectivity index (χ3v) is 3.71. The highest BCUT2D eigenvalue weighted by atomic mass is 16.5. The standard InChI is InChI=1S/C17H29NO/c1-6-15-8-10-16(11-9-15)17(18-7-2)12-19-14(5)13(3)4/h8-11,13-14,17-18H,6-7,12H2,1-5H3. The van der Waals surface area contributed by atoms with Crippen LogP contribution in [0.4, 0.5) is 0 Å². The lowest BCUT2D eigenvalue weighted by Gasteiger charge is -2.23. The predicted molar refractivity (Wildman–Crippen MR) is 82.5 cm³/mol. The van der Waals surface area contributed by atoms with Gasteiger partial charge in [0.15, 0.2) is 0 Å². The summed E-state index contributed by atoms with van der Waals surface area (Å²) in [6, 6.07) is 9.15. The van der Waals surface area contributed by atoms with E-state index < -0.39 is 0 Å². The second-order valence-electron chi connectivity index (χ2n) is 5.49. The van der Waals surface area contributed by atoms with Crippen molar-refractivity contribution in [2.45, 2.75) is 53.2 Å². The smallest absolute Gasteiger partial charge is 0.0665 e. The highest BCUT2D eigenvalue weighted by molar-refractivity contribution is 5.25. The van der Waals surface area contributed by atoms with Gasteiger partial charge in [-0.25, -0.2) is 0 Å². The van der Waals surface area contributed by atoms with Gasteiger partial charge in [-0.05, 0) is 36.9 Å². The van der Waals surface area contributed by atoms with Gasteiger partial charge < -0.3 is 10.1 Å². The monoisotopic (exact) mass is 263 g/mol. The van der Waals surface area contributed by atoms with Crippen LogP contribution in [0.3, 0.4) is 0 Å². The van der Waals surface area contributed by atoms with E-state index >= 15 is 0 Å². The van der Waals surface area contributed by atoms with Gasteiger partial charge in [0.25, 0.3) is 0 Å². The summed E-state index contributed by atoms with van der Waals surface area (Å²) in [7, 11) is 0. The number of likely N-dealkylation sites (N-methyl/N-ethyl adjacent to an activating group) is 1. The molecule has 0 fully saturated rings. The molecule has 1 rings (SSSR count). The van der Waals surface area contributed by atoms with Crippen LogP contribution in [0.25, 0.3) is 0 Å². The first-order valence-corrected chi connectivity index (χ1v) is 7.52. The van der Waals surface area contributed by atoms with Crippen LogP contribution in [-0.4, -0.2) is 19.3 Å². The molecule has 0 saturated heterocycles. The lowest BCUT2D eigenvalue weighted by atomic mass is 10.0. The Labute approximate surface area is 118 Å². The van der Waals surface area contributed by atoms with Crippen LogP contribution in [-0.2, 0) is 11.2 Å². The number of hydrogen-bond acceptors (Lipinski definition) is 2. The third-order valence-electron chi connectivity index (χ3n) is 3.71. The number of ether oxygens (including phenoxy) is 1. The highest BCUT2D eigenvalue weighted by Crippen LogP contribution is 2.17. The summed E-state index contributed by atoms with van der Waals surface area (Å²) in [4.78, 5) is 0. The third kappa shape index (κ3) is 5.33. The lowest BCUT2D eigenvalue weighted by molar-refractivity contribution is 0.0220. The first kappa shape index (κ1) is 16.2. The molecule has 108 valence electrons. The average Bonchev–Trinajstić information content (AvgIpc) is 2.43. The number of rotatable bonds is 8. The average molecular weight is 263 g/mol. The van der Waals surface area contributed by atoms with Crippen LogP contribution in [0.1, 0.15) is 51.8 Å². The van der Waals surface area contributed by atoms with Crippen LogP contribution in [0, 0.1) is 5.92 Å². The van der Waals surface area contributed by atoms with E-state index in [9.17, 15) is 0 Å². The second kappa shape index (κ2) is 8.34. The molecule has 0 saturated carbocycles. The predicted octanol–water partition coefficient (Wildman–Crippen LogP) is 3.96. The van der Waals surface area contributed by atoms with Crippen molar-refractivity contribution in [2.75, 3.05) is 13.2 Å². The fourth-order valence-corrected chi connectivity index (χ4v) is 1.95. The summed E-state index contributed by atoms with van der Waals surface area (Å²) in [6.45, 7) is 12.6. The fraction of sp³-hybridized carbons (Fsp3) is 0.647. The van der Waals surface area contributed by atoms with Gasteiger partial charge in [-0.15, -0.1) is 0 Å². The summed E-state index contributed by atoms with van der Waals surface area (Å²) < 4.78 is 5.97. The largest absolute Gasteiger partial charge is 0.376 e. The molecular formula is C17H29NO. The molecule has 0 aliphatic heterocycles. The Bertz CT molecular complexity index is 345. The van der Waals surface area contributed by atoms with Crippen molar-refractivity contribution in [2.24, 2.45) is 5.92 Å². The molecule has 0 radical (unpaired) electrons. The molecule has 2 heteroatoms. The first-order chi connectivity index (χ1) is 9.08. The van der Waals surface area contributed by atoms with Gasteiger partial charge in [-0.3, -0.25) is 0 Å². The molecule has 2 nitrogen and oxygen atoms in total. The normalized spacial score (nSPS) is 14.6. The molecule has 19 heavy (non-hydrogen) atoms. The summed E-state index contributed by atoms with van der Waals surface area (Å²) in [6.07, 6.45) is 1.39. The molecule has 0 spiro atoms. The molecule has 0 amide bonds. The van der Waals surface area contributed by atoms with E-state index in [1.165, 1.54) is 11.1 Å². The van der Waals surface area contributed by atoms with Crippen LogP contribution < -0.4 is 5.32 Å². The Balaban J connectivity index is 2.64. The van der Waals surface area contributed by atoms with E-state index in [-0.39, 0.29) is 6.04 Å². The van der Waals surface area contributed by atoms with E-state index in [0.29, 0.717) is 12.0 Å². The molecule has 1 aromatic carbocycles. The minimum atomic E-state index is 0.289. The SMILES string of the molecule is CCNC(COC(C)C(C)C)c1ccc(CC)cc1. The lowest BCUT2D eigenvalue weighted by Crippen LogP contribution is -2.28. The van der Waals surface area contributed by atoms with E-state index in [4.69, 9.17) is 4.74 Å². The maximum atomic E-state index is 5.97. The van der Waals surface area contributed by atoms with Crippen molar-refractivity contribution >= 4 is 0 Å². The van der Waals surface area contributed by atoms with Gasteiger partial charge in [0.05, 0.1) is 18.8 Å². The van der Waals surface area contributed by atoms with E-state index in [2.05, 4.69) is 64.2 Å². The van der Waals surface area contributed by atoms with Crippen molar-refractivity contribution in [3.8, 4) is 0 Å². The zero-order chi connectivity index (χ0) is 14.3. The minimum absolute atomic E-state index is 0.289. The highest BCUT2D eigenvalue weighted by Gasteiger charge is 2.14. The number of benzene rings is 1. The van der Waals surface area contributed by atoms with E-state index in [1.54, 1.807) is 0 Å². The summed E-state index contributed by atoms with van der Waals surface area (Å²) >= 11 is 0. The molecule has 2 unspecified atom stereocenters. The molecule has 0 aliphatic rings. The Morgan fingerprint density at radius 1 is 1.05 bits per heavy atom. The van der Waals surface area contributed by atoms with E-state index in [1.807, 2.05) is 0 Å². The fourth-order valence-electron chi connectivity index (χ4n) is 1.95. The molecule has 2 atom stereocenters. The Kier molecular flexibility index (Phi) is 7.11. The first-order valence-electron chi connectivity index (χ1n) is 7.52. The molecule has 0 heterocycles. The second-order valence-corrected chi connectivity index (χ2v) is 5.49. The molecule has 0 bridgehead atoms. The molecule has 0 aliphatic carbocycles. The van der Waals surface area contributed by atoms with Crippen LogP contribution in [0.5, 0.6) is 0 Å². The molecular weight excluding hydrogens is 234 g/mol. The maximum Gasteiger partial charge on any atom is 0.0665 e. The van der Waals surface area contributed by atoms with Gasteiger partial charge in [0.2, 0.25) is 0 Å². The zero-order valence-corrected chi connectivity index (χ0v) is 13.1. The molecule has 1 aromatic rings. The Morgan fingerprint density at radius 2 is 1.68 bits per heavy atom. The number of aryl methyl sites for hydroxylation is 1. The summed E-state index contributed by atoms with van der Waals surface area (Å²) in [5.74, 6) is 0.560. The molecule has 0 aromatic heterocycles. The quantitative estimate of drug-likeness (QED) is 0.766. The maximum absolute atomic E-state index is 5.97. The van der Waals surface area contributed by atoms with Gasteiger partial charge in [0, 0.05) is 0 Å². The van der Waals surface area contributed by atoms with Gasteiger partial charge in [0.1, 0.15) is 0 Å². The van der Waals surface area contributed by atoms with Crippen molar-refractivity contribution in [1.29, 1.82) is 0 Å². The van der Waals surface area contributed by atoms with Crippen LogP contribution >= 0.6 is 0 Å². The van der Waals surface area contributed by atoms with Crippen molar-refractivity contribution in [3.63, 3.8) is 0 Å². The zero-order valence-electron chi connectivity index (χ0n) is 13.1. The van der Waals surface area contributed by atoms with Gasteiger partial charge >= 0.3 is 0 Å². The number of nitrogens with one attached hydrogen (secondary N) is 1. The van der Waals surface area contributed by atoms with Crippen molar-refractivity contribution < 1.29 is 4.74 Å². The number of hydrogen-bond donors (Lipinski definition) is 1. The van der Waals surface area contributed by atoms with E-state index in [0.717, 1.165) is 19.6 Å². The van der Waals surface area contributed by atoms with Crippen molar-refractivity contribution in [1.82, 2.24) is 5.32 Å². The Morgan fingerprint density at radius 3 is 2.16 bits per heavy atom. The minimum Gasteiger partial charge on any atom is -0.376 e. The topological polar surface area (TPSA) is 21.3 Å². The van der Waals surface area contributed by atoms with Crippen molar-refractivity contribution in [3.05, 3.63) is 35.4 Å². The summed E-state index contributed by atoms with van der Waals surface area (Å²) in [5, 5.41) is 3.51. The summed E-state index contributed by atoms with van der Waals surface area (Å²) in [5.41, 5.74) is 2.70. The van der Waals surface area contributed by atoms with Crippen LogP contribution in [0.15, 0.2) is 24.3 Å². The molecule has 1 N–H and O–H groups in total.